The Morgan fingerprint density at radius 2 is 1.89 bits per heavy atom. The van der Waals surface area contributed by atoms with E-state index in [4.69, 9.17) is 16.3 Å². The van der Waals surface area contributed by atoms with Crippen LogP contribution < -0.4 is 10.2 Å². The third-order valence-electron chi connectivity index (χ3n) is 4.43. The van der Waals surface area contributed by atoms with Crippen molar-refractivity contribution in [2.75, 3.05) is 30.4 Å². The zero-order chi connectivity index (χ0) is 20.1. The van der Waals surface area contributed by atoms with Crippen LogP contribution in [0.2, 0.25) is 5.02 Å². The molecule has 0 radical (unpaired) electrons. The van der Waals surface area contributed by atoms with Gasteiger partial charge in [0.2, 0.25) is 0 Å². The Morgan fingerprint density at radius 1 is 1.18 bits per heavy atom. The number of carbonyl (C=O) groups is 1. The summed E-state index contributed by atoms with van der Waals surface area (Å²) in [6.45, 7) is 6.27. The predicted octanol–water partition coefficient (Wildman–Crippen LogP) is 5.84. The van der Waals surface area contributed by atoms with Gasteiger partial charge in [0.25, 0.3) is 0 Å². The van der Waals surface area contributed by atoms with Gasteiger partial charge in [-0.05, 0) is 44.2 Å². The van der Waals surface area contributed by atoms with Crippen LogP contribution in [0.25, 0.3) is 11.3 Å². The smallest absolute Gasteiger partial charge is 0.337 e. The van der Waals surface area contributed by atoms with E-state index in [9.17, 15) is 4.79 Å². The fourth-order valence-electron chi connectivity index (χ4n) is 2.87. The standard InChI is InChI=1S/C21H22ClN3O2S/c1-4-25(5-2)16-9-6-14(7-10-16)19-13-28-21(24-19)23-18-11-8-15(12-17(18)22)20(26)27-3/h6-13H,4-5H2,1-3H3,(H,23,24). The first-order chi connectivity index (χ1) is 13.5. The highest BCUT2D eigenvalue weighted by Gasteiger charge is 2.11. The lowest BCUT2D eigenvalue weighted by molar-refractivity contribution is 0.0601. The number of halogens is 1. The SMILES string of the molecule is CCN(CC)c1ccc(-c2csc(Nc3ccc(C(=O)OC)cc3Cl)n2)cc1. The second-order valence-corrected chi connectivity index (χ2v) is 7.33. The van der Waals surface area contributed by atoms with E-state index in [0.29, 0.717) is 16.3 Å². The van der Waals surface area contributed by atoms with Gasteiger partial charge in [0.05, 0.1) is 29.1 Å². The first-order valence-electron chi connectivity index (χ1n) is 9.01. The second kappa shape index (κ2) is 9.08. The molecule has 28 heavy (non-hydrogen) atoms. The molecule has 1 aromatic heterocycles. The molecule has 0 unspecified atom stereocenters. The molecule has 0 bridgehead atoms. The molecule has 7 heteroatoms. The number of aromatic nitrogens is 1. The van der Waals surface area contributed by atoms with Crippen molar-refractivity contribution in [2.24, 2.45) is 0 Å². The summed E-state index contributed by atoms with van der Waals surface area (Å²) in [5.41, 5.74) is 4.27. The number of benzene rings is 2. The zero-order valence-corrected chi connectivity index (χ0v) is 17.6. The number of rotatable bonds is 7. The number of esters is 1. The molecule has 0 saturated carbocycles. The lowest BCUT2D eigenvalue weighted by Gasteiger charge is -2.20. The van der Waals surface area contributed by atoms with E-state index in [2.05, 4.69) is 53.3 Å². The van der Waals surface area contributed by atoms with Crippen LogP contribution in [0.5, 0.6) is 0 Å². The van der Waals surface area contributed by atoms with Gasteiger partial charge in [-0.25, -0.2) is 9.78 Å². The Labute approximate surface area is 173 Å². The maximum Gasteiger partial charge on any atom is 0.337 e. The molecule has 1 N–H and O–H groups in total. The maximum absolute atomic E-state index is 11.6. The van der Waals surface area contributed by atoms with Crippen molar-refractivity contribution in [1.82, 2.24) is 4.98 Å². The molecular formula is C21H22ClN3O2S. The molecule has 3 aromatic rings. The molecule has 1 heterocycles. The van der Waals surface area contributed by atoms with E-state index in [1.165, 1.54) is 24.1 Å². The molecule has 0 spiro atoms. The summed E-state index contributed by atoms with van der Waals surface area (Å²) in [5, 5.41) is 6.38. The molecule has 5 nitrogen and oxygen atoms in total. The molecule has 146 valence electrons. The van der Waals surface area contributed by atoms with Crippen LogP contribution >= 0.6 is 22.9 Å². The van der Waals surface area contributed by atoms with E-state index >= 15 is 0 Å². The van der Waals surface area contributed by atoms with Crippen LogP contribution in [0.3, 0.4) is 0 Å². The fraction of sp³-hybridized carbons (Fsp3) is 0.238. The molecule has 0 amide bonds. The minimum Gasteiger partial charge on any atom is -0.465 e. The van der Waals surface area contributed by atoms with Gasteiger partial charge in [0.1, 0.15) is 0 Å². The molecule has 0 atom stereocenters. The summed E-state index contributed by atoms with van der Waals surface area (Å²) in [6, 6.07) is 13.4. The molecular weight excluding hydrogens is 394 g/mol. The quantitative estimate of drug-likeness (QED) is 0.491. The van der Waals surface area contributed by atoms with Crippen LogP contribution in [0.4, 0.5) is 16.5 Å². The monoisotopic (exact) mass is 415 g/mol. The normalized spacial score (nSPS) is 10.6. The molecule has 3 rings (SSSR count). The van der Waals surface area contributed by atoms with Crippen molar-refractivity contribution >= 4 is 45.4 Å². The van der Waals surface area contributed by atoms with Crippen molar-refractivity contribution in [2.45, 2.75) is 13.8 Å². The van der Waals surface area contributed by atoms with Crippen molar-refractivity contribution in [3.8, 4) is 11.3 Å². The number of anilines is 3. The topological polar surface area (TPSA) is 54.5 Å². The number of ether oxygens (including phenoxy) is 1. The third-order valence-corrected chi connectivity index (χ3v) is 5.50. The largest absolute Gasteiger partial charge is 0.465 e. The molecule has 0 aliphatic rings. The minimum absolute atomic E-state index is 0.408. The zero-order valence-electron chi connectivity index (χ0n) is 16.0. The average molecular weight is 416 g/mol. The average Bonchev–Trinajstić information content (AvgIpc) is 3.19. The lowest BCUT2D eigenvalue weighted by Crippen LogP contribution is -2.21. The first kappa shape index (κ1) is 20.2. The molecule has 0 aliphatic heterocycles. The van der Waals surface area contributed by atoms with Crippen molar-refractivity contribution in [3.63, 3.8) is 0 Å². The number of methoxy groups -OCH3 is 1. The molecule has 2 aromatic carbocycles. The number of nitrogens with zero attached hydrogens (tertiary/aromatic N) is 2. The number of nitrogens with one attached hydrogen (secondary N) is 1. The van der Waals surface area contributed by atoms with Crippen LogP contribution in [-0.4, -0.2) is 31.2 Å². The maximum atomic E-state index is 11.6. The van der Waals surface area contributed by atoms with Crippen molar-refractivity contribution < 1.29 is 9.53 Å². The van der Waals surface area contributed by atoms with E-state index in [-0.39, 0.29) is 0 Å². The van der Waals surface area contributed by atoms with Gasteiger partial charge < -0.3 is 15.0 Å². The van der Waals surface area contributed by atoms with Crippen LogP contribution in [0.15, 0.2) is 47.8 Å². The number of hydrogen-bond acceptors (Lipinski definition) is 6. The molecule has 0 saturated heterocycles. The summed E-state index contributed by atoms with van der Waals surface area (Å²) in [7, 11) is 1.34. The van der Waals surface area contributed by atoms with Crippen LogP contribution in [0.1, 0.15) is 24.2 Å². The summed E-state index contributed by atoms with van der Waals surface area (Å²) >= 11 is 7.78. The third kappa shape index (κ3) is 4.46. The van der Waals surface area contributed by atoms with E-state index in [0.717, 1.165) is 29.5 Å². The highest BCUT2D eigenvalue weighted by atomic mass is 35.5. The Kier molecular flexibility index (Phi) is 6.54. The summed E-state index contributed by atoms with van der Waals surface area (Å²) in [4.78, 5) is 18.5. The number of carbonyl (C=O) groups excluding carboxylic acids is 1. The van der Waals surface area contributed by atoms with Gasteiger partial charge in [-0.3, -0.25) is 0 Å². The fourth-order valence-corrected chi connectivity index (χ4v) is 3.83. The number of hydrogen-bond donors (Lipinski definition) is 1. The van der Waals surface area contributed by atoms with Crippen molar-refractivity contribution in [3.05, 3.63) is 58.4 Å². The Hall–Kier alpha value is -2.57. The summed E-state index contributed by atoms with van der Waals surface area (Å²) in [6.07, 6.45) is 0. The van der Waals surface area contributed by atoms with E-state index < -0.39 is 5.97 Å². The van der Waals surface area contributed by atoms with Gasteiger partial charge in [0, 0.05) is 29.7 Å². The Balaban J connectivity index is 1.75. The van der Waals surface area contributed by atoms with E-state index in [1.807, 2.05) is 5.38 Å². The summed E-state index contributed by atoms with van der Waals surface area (Å²) in [5.74, 6) is -0.418. The first-order valence-corrected chi connectivity index (χ1v) is 10.3. The van der Waals surface area contributed by atoms with Crippen molar-refractivity contribution in [1.29, 1.82) is 0 Å². The Morgan fingerprint density at radius 3 is 2.50 bits per heavy atom. The van der Waals surface area contributed by atoms with E-state index in [1.54, 1.807) is 18.2 Å². The Bertz CT molecular complexity index is 953. The molecule has 0 aliphatic carbocycles. The highest BCUT2D eigenvalue weighted by Crippen LogP contribution is 2.31. The second-order valence-electron chi connectivity index (χ2n) is 6.07. The van der Waals surface area contributed by atoms with Gasteiger partial charge in [-0.1, -0.05) is 23.7 Å². The van der Waals surface area contributed by atoms with Gasteiger partial charge >= 0.3 is 5.97 Å². The minimum atomic E-state index is -0.418. The van der Waals surface area contributed by atoms with Gasteiger partial charge in [-0.15, -0.1) is 11.3 Å². The van der Waals surface area contributed by atoms with Gasteiger partial charge in [-0.2, -0.15) is 0 Å². The van der Waals surface area contributed by atoms with Gasteiger partial charge in [0.15, 0.2) is 5.13 Å². The molecule has 0 fully saturated rings. The summed E-state index contributed by atoms with van der Waals surface area (Å²) < 4.78 is 4.71. The predicted molar refractivity (Wildman–Crippen MR) is 117 cm³/mol. The van der Waals surface area contributed by atoms with Crippen LogP contribution in [0, 0.1) is 0 Å². The van der Waals surface area contributed by atoms with Crippen LogP contribution in [-0.2, 0) is 4.74 Å². The lowest BCUT2D eigenvalue weighted by atomic mass is 10.1. The highest BCUT2D eigenvalue weighted by molar-refractivity contribution is 7.14. The number of thiazole rings is 1.